The minimum absolute atomic E-state index is 0.174. The molecule has 2 amide bonds. The smallest absolute Gasteiger partial charge is 0.246 e. The fourth-order valence-electron chi connectivity index (χ4n) is 1.89. The number of hydrogen-bond acceptors (Lipinski definition) is 4. The molecule has 0 aromatic heterocycles. The number of carbonyl (C=O) groups is 2. The number of rotatable bonds is 3. The second kappa shape index (κ2) is 5.37. The molecule has 0 radical (unpaired) electrons. The highest BCUT2D eigenvalue weighted by Gasteiger charge is 2.22. The van der Waals surface area contributed by atoms with E-state index in [4.69, 9.17) is 11.6 Å². The number of benzene rings is 1. The third-order valence-corrected chi connectivity index (χ3v) is 3.07. The van der Waals surface area contributed by atoms with Crippen LogP contribution in [0.15, 0.2) is 18.2 Å². The van der Waals surface area contributed by atoms with E-state index >= 15 is 0 Å². The lowest BCUT2D eigenvalue weighted by Crippen LogP contribution is -2.51. The Morgan fingerprint density at radius 2 is 2.00 bits per heavy atom. The molecule has 2 N–H and O–H groups in total. The van der Waals surface area contributed by atoms with Gasteiger partial charge in [0, 0.05) is 17.3 Å². The molecule has 0 aliphatic carbocycles. The number of nitrogens with zero attached hydrogens (tertiary/aromatic N) is 1. The van der Waals surface area contributed by atoms with Crippen molar-refractivity contribution in [2.24, 2.45) is 0 Å². The quantitative estimate of drug-likeness (QED) is 0.784. The third-order valence-electron chi connectivity index (χ3n) is 2.72. The Morgan fingerprint density at radius 3 is 2.56 bits per heavy atom. The van der Waals surface area contributed by atoms with Gasteiger partial charge in [-0.2, -0.15) is 0 Å². The average Bonchev–Trinajstić information content (AvgIpc) is 2.30. The molecule has 1 aromatic rings. The van der Waals surface area contributed by atoms with Gasteiger partial charge in [0.25, 0.3) is 0 Å². The Kier molecular flexibility index (Phi) is 3.84. The highest BCUT2D eigenvalue weighted by atomic mass is 35.5. The number of nitrogens with one attached hydrogen (secondary N) is 2. The van der Waals surface area contributed by atoms with Crippen LogP contribution in [0.5, 0.6) is 0 Å². The van der Waals surface area contributed by atoms with Crippen LogP contribution in [0.2, 0.25) is 5.02 Å². The standard InChI is InChI=1S/C12H14ClN3O2/c1-14-5-8-2-3-9(4-10(8)13)16-6-11(17)15-12(18)7-16/h2-4,14H,5-7H2,1H3,(H,15,17,18). The van der Waals surface area contributed by atoms with Gasteiger partial charge in [-0.15, -0.1) is 0 Å². The Morgan fingerprint density at radius 1 is 1.33 bits per heavy atom. The Labute approximate surface area is 110 Å². The second-order valence-corrected chi connectivity index (χ2v) is 4.54. The lowest BCUT2D eigenvalue weighted by atomic mass is 10.1. The van der Waals surface area contributed by atoms with Crippen molar-refractivity contribution in [1.82, 2.24) is 10.6 Å². The first-order chi connectivity index (χ1) is 8.60. The molecule has 2 rings (SSSR count). The van der Waals surface area contributed by atoms with Crippen molar-refractivity contribution in [3.8, 4) is 0 Å². The van der Waals surface area contributed by atoms with E-state index in [2.05, 4.69) is 10.6 Å². The van der Waals surface area contributed by atoms with Crippen molar-refractivity contribution in [3.63, 3.8) is 0 Å². The maximum absolute atomic E-state index is 11.3. The van der Waals surface area contributed by atoms with E-state index in [9.17, 15) is 9.59 Å². The van der Waals surface area contributed by atoms with Crippen LogP contribution in [-0.2, 0) is 16.1 Å². The number of hydrogen-bond donors (Lipinski definition) is 2. The minimum Gasteiger partial charge on any atom is -0.353 e. The van der Waals surface area contributed by atoms with Crippen molar-refractivity contribution in [2.45, 2.75) is 6.54 Å². The van der Waals surface area contributed by atoms with Crippen LogP contribution in [0.3, 0.4) is 0 Å². The Bertz CT molecular complexity index is 474. The van der Waals surface area contributed by atoms with Crippen molar-refractivity contribution in [1.29, 1.82) is 0 Å². The van der Waals surface area contributed by atoms with Gasteiger partial charge in [0.1, 0.15) is 0 Å². The van der Waals surface area contributed by atoms with Gasteiger partial charge in [0.05, 0.1) is 13.1 Å². The lowest BCUT2D eigenvalue weighted by molar-refractivity contribution is -0.130. The number of amides is 2. The summed E-state index contributed by atoms with van der Waals surface area (Å²) < 4.78 is 0. The molecule has 0 atom stereocenters. The fourth-order valence-corrected chi connectivity index (χ4v) is 2.13. The molecule has 1 aromatic carbocycles. The largest absolute Gasteiger partial charge is 0.353 e. The zero-order valence-corrected chi connectivity index (χ0v) is 10.8. The van der Waals surface area contributed by atoms with Gasteiger partial charge in [-0.3, -0.25) is 14.9 Å². The zero-order chi connectivity index (χ0) is 13.1. The molecule has 5 nitrogen and oxygen atoms in total. The highest BCUT2D eigenvalue weighted by molar-refractivity contribution is 6.31. The molecule has 1 aliphatic heterocycles. The van der Waals surface area contributed by atoms with Crippen LogP contribution in [-0.4, -0.2) is 32.0 Å². The summed E-state index contributed by atoms with van der Waals surface area (Å²) >= 11 is 6.15. The van der Waals surface area contributed by atoms with E-state index in [-0.39, 0.29) is 24.9 Å². The molecular weight excluding hydrogens is 254 g/mol. The number of anilines is 1. The van der Waals surface area contributed by atoms with Gasteiger partial charge in [0.15, 0.2) is 0 Å². The molecule has 6 heteroatoms. The second-order valence-electron chi connectivity index (χ2n) is 4.13. The molecule has 0 unspecified atom stereocenters. The van der Waals surface area contributed by atoms with Crippen molar-refractivity contribution in [3.05, 3.63) is 28.8 Å². The van der Waals surface area contributed by atoms with Gasteiger partial charge in [-0.25, -0.2) is 0 Å². The molecule has 1 aliphatic rings. The molecular formula is C12H14ClN3O2. The van der Waals surface area contributed by atoms with E-state index < -0.39 is 0 Å². The molecule has 0 saturated carbocycles. The molecule has 18 heavy (non-hydrogen) atoms. The summed E-state index contributed by atoms with van der Waals surface area (Å²) in [6, 6.07) is 5.54. The maximum Gasteiger partial charge on any atom is 0.246 e. The SMILES string of the molecule is CNCc1ccc(N2CC(=O)NC(=O)C2)cc1Cl. The van der Waals surface area contributed by atoms with E-state index in [0.29, 0.717) is 11.6 Å². The predicted molar refractivity (Wildman–Crippen MR) is 69.6 cm³/mol. The summed E-state index contributed by atoms with van der Waals surface area (Å²) in [6.45, 7) is 1.03. The summed E-state index contributed by atoms with van der Waals surface area (Å²) in [6.07, 6.45) is 0. The number of halogens is 1. The third kappa shape index (κ3) is 2.80. The molecule has 96 valence electrons. The van der Waals surface area contributed by atoms with Crippen molar-refractivity contribution < 1.29 is 9.59 Å². The Hall–Kier alpha value is -1.59. The monoisotopic (exact) mass is 267 g/mol. The first kappa shape index (κ1) is 12.9. The first-order valence-electron chi connectivity index (χ1n) is 5.61. The van der Waals surface area contributed by atoms with Crippen LogP contribution in [0, 0.1) is 0 Å². The number of piperazine rings is 1. The van der Waals surface area contributed by atoms with E-state index in [1.807, 2.05) is 19.2 Å². The van der Waals surface area contributed by atoms with Crippen LogP contribution in [0.4, 0.5) is 5.69 Å². The first-order valence-corrected chi connectivity index (χ1v) is 5.98. The van der Waals surface area contributed by atoms with Gasteiger partial charge in [-0.1, -0.05) is 17.7 Å². The van der Waals surface area contributed by atoms with Crippen molar-refractivity contribution >= 4 is 29.1 Å². The lowest BCUT2D eigenvalue weighted by Gasteiger charge is -2.27. The average molecular weight is 268 g/mol. The van der Waals surface area contributed by atoms with Crippen molar-refractivity contribution in [2.75, 3.05) is 25.0 Å². The van der Waals surface area contributed by atoms with Gasteiger partial charge in [0.2, 0.25) is 11.8 Å². The predicted octanol–water partition coefficient (Wildman–Crippen LogP) is 0.522. The maximum atomic E-state index is 11.3. The topological polar surface area (TPSA) is 61.4 Å². The Balaban J connectivity index is 2.20. The zero-order valence-electron chi connectivity index (χ0n) is 10.00. The molecule has 1 fully saturated rings. The number of imide groups is 1. The van der Waals surface area contributed by atoms with Crippen LogP contribution < -0.4 is 15.5 Å². The van der Waals surface area contributed by atoms with Crippen LogP contribution >= 0.6 is 11.6 Å². The van der Waals surface area contributed by atoms with Gasteiger partial charge < -0.3 is 10.2 Å². The van der Waals surface area contributed by atoms with Gasteiger partial charge >= 0.3 is 0 Å². The van der Waals surface area contributed by atoms with E-state index in [1.54, 1.807) is 11.0 Å². The molecule has 0 spiro atoms. The summed E-state index contributed by atoms with van der Waals surface area (Å²) in [4.78, 5) is 24.3. The number of carbonyl (C=O) groups excluding carboxylic acids is 2. The van der Waals surface area contributed by atoms with E-state index in [0.717, 1.165) is 11.3 Å². The van der Waals surface area contributed by atoms with E-state index in [1.165, 1.54) is 0 Å². The summed E-state index contributed by atoms with van der Waals surface area (Å²) in [5.41, 5.74) is 1.76. The summed E-state index contributed by atoms with van der Waals surface area (Å²) in [7, 11) is 1.85. The summed E-state index contributed by atoms with van der Waals surface area (Å²) in [5, 5.41) is 5.91. The summed E-state index contributed by atoms with van der Waals surface area (Å²) in [5.74, 6) is -0.580. The normalized spacial score (nSPS) is 15.8. The fraction of sp³-hybridized carbons (Fsp3) is 0.333. The molecule has 0 bridgehead atoms. The van der Waals surface area contributed by atoms with Gasteiger partial charge in [-0.05, 0) is 24.7 Å². The minimum atomic E-state index is -0.290. The van der Waals surface area contributed by atoms with Crippen LogP contribution in [0.1, 0.15) is 5.56 Å². The van der Waals surface area contributed by atoms with Crippen LogP contribution in [0.25, 0.3) is 0 Å². The highest BCUT2D eigenvalue weighted by Crippen LogP contribution is 2.24. The molecule has 1 heterocycles. The molecule has 1 saturated heterocycles.